The maximum atomic E-state index is 13.3. The summed E-state index contributed by atoms with van der Waals surface area (Å²) in [7, 11) is 0. The Morgan fingerprint density at radius 3 is 2.68 bits per heavy atom. The summed E-state index contributed by atoms with van der Waals surface area (Å²) in [6.45, 7) is 3.81. The number of nitrogens with one attached hydrogen (secondary N) is 1. The number of primary amides is 1. The van der Waals surface area contributed by atoms with E-state index in [0.29, 0.717) is 28.8 Å². The summed E-state index contributed by atoms with van der Waals surface area (Å²) >= 11 is 0. The van der Waals surface area contributed by atoms with E-state index in [9.17, 15) is 18.0 Å². The summed E-state index contributed by atoms with van der Waals surface area (Å²) in [6, 6.07) is 2.56. The third-order valence-corrected chi connectivity index (χ3v) is 3.92. The molecule has 0 saturated carbocycles. The number of aromatic amines is 1. The lowest BCUT2D eigenvalue weighted by Gasteiger charge is -2.12. The number of carbonyl (C=O) groups excluding carboxylic acids is 1. The highest BCUT2D eigenvalue weighted by Crippen LogP contribution is 2.32. The van der Waals surface area contributed by atoms with Gasteiger partial charge in [0.25, 0.3) is 0 Å². The zero-order valence-electron chi connectivity index (χ0n) is 15.2. The molecule has 146 valence electrons. The van der Waals surface area contributed by atoms with E-state index in [1.54, 1.807) is 12.3 Å². The maximum absolute atomic E-state index is 13.3. The Hall–Kier alpha value is -3.23. The lowest BCUT2D eigenvalue weighted by atomic mass is 10.0. The Bertz CT molecular complexity index is 1050. The molecule has 6 nitrogen and oxygen atoms in total. The monoisotopic (exact) mass is 389 g/mol. The minimum atomic E-state index is -4.57. The second-order valence-electron chi connectivity index (χ2n) is 6.76. The van der Waals surface area contributed by atoms with Crippen molar-refractivity contribution in [3.63, 3.8) is 0 Å². The van der Waals surface area contributed by atoms with Crippen LogP contribution in [-0.2, 0) is 17.4 Å². The topological polar surface area (TPSA) is 97.6 Å². The van der Waals surface area contributed by atoms with Crippen LogP contribution >= 0.6 is 0 Å². The number of nitrogens with two attached hydrogens (primary N) is 1. The molecule has 0 aliphatic carbocycles. The molecule has 0 radical (unpaired) electrons. The molecule has 3 aromatic rings. The Morgan fingerprint density at radius 1 is 1.29 bits per heavy atom. The Kier molecular flexibility index (Phi) is 5.17. The van der Waals surface area contributed by atoms with Crippen LogP contribution in [0.2, 0.25) is 0 Å². The number of carbonyl (C=O) groups is 1. The number of rotatable bonds is 5. The summed E-state index contributed by atoms with van der Waals surface area (Å²) in [5, 5.41) is 0. The third-order valence-electron chi connectivity index (χ3n) is 3.92. The Labute approximate surface area is 158 Å². The van der Waals surface area contributed by atoms with Crippen molar-refractivity contribution in [3.8, 4) is 11.3 Å². The first-order valence-electron chi connectivity index (χ1n) is 8.53. The molecule has 0 fully saturated rings. The molecule has 0 bridgehead atoms. The standard InChI is InChI=1S/C19H18F3N5O/c1-10(2)5-13-6-12(7-15(26-13)19(20,21)22)14-9-25-18-17(27-14)11(8-24-18)3-4-16(23)28/h3-4,6-10H,5H2,1-2H3,(H2,23,28)(H,24,25)/b4-3+. The van der Waals surface area contributed by atoms with Gasteiger partial charge in [0.15, 0.2) is 5.65 Å². The molecule has 0 spiro atoms. The average molecular weight is 389 g/mol. The lowest BCUT2D eigenvalue weighted by Crippen LogP contribution is -2.11. The van der Waals surface area contributed by atoms with E-state index >= 15 is 0 Å². The van der Waals surface area contributed by atoms with Gasteiger partial charge in [-0.3, -0.25) is 4.79 Å². The van der Waals surface area contributed by atoms with E-state index in [0.717, 1.165) is 6.07 Å². The fourth-order valence-corrected chi connectivity index (χ4v) is 2.75. The summed E-state index contributed by atoms with van der Waals surface area (Å²) in [5.41, 5.74) is 6.44. The highest BCUT2D eigenvalue weighted by Gasteiger charge is 2.33. The van der Waals surface area contributed by atoms with Gasteiger partial charge in [0.2, 0.25) is 5.91 Å². The van der Waals surface area contributed by atoms with E-state index in [2.05, 4.69) is 19.9 Å². The normalized spacial score (nSPS) is 12.4. The number of pyridine rings is 1. The molecule has 0 saturated heterocycles. The van der Waals surface area contributed by atoms with Crippen molar-refractivity contribution in [2.45, 2.75) is 26.4 Å². The highest BCUT2D eigenvalue weighted by molar-refractivity contribution is 5.93. The SMILES string of the molecule is CC(C)Cc1cc(-c2cnc3[nH]cc(/C=C/C(N)=O)c3n2)cc(C(F)(F)F)n1. The van der Waals surface area contributed by atoms with E-state index in [4.69, 9.17) is 5.73 Å². The van der Waals surface area contributed by atoms with Crippen LogP contribution in [0, 0.1) is 5.92 Å². The minimum absolute atomic E-state index is 0.146. The molecule has 0 atom stereocenters. The van der Waals surface area contributed by atoms with Gasteiger partial charge in [-0.15, -0.1) is 0 Å². The van der Waals surface area contributed by atoms with Crippen LogP contribution in [0.15, 0.2) is 30.6 Å². The molecule has 3 aromatic heterocycles. The first kappa shape index (κ1) is 19.5. The molecule has 0 aromatic carbocycles. The molecule has 3 rings (SSSR count). The van der Waals surface area contributed by atoms with Gasteiger partial charge in [0, 0.05) is 29.1 Å². The quantitative estimate of drug-likeness (QED) is 0.650. The van der Waals surface area contributed by atoms with Crippen molar-refractivity contribution in [2.24, 2.45) is 11.7 Å². The fraction of sp³-hybridized carbons (Fsp3) is 0.263. The van der Waals surface area contributed by atoms with E-state index in [1.807, 2.05) is 13.8 Å². The zero-order valence-corrected chi connectivity index (χ0v) is 15.2. The van der Waals surface area contributed by atoms with Gasteiger partial charge in [-0.2, -0.15) is 13.2 Å². The predicted molar refractivity (Wildman–Crippen MR) is 98.9 cm³/mol. The van der Waals surface area contributed by atoms with Gasteiger partial charge < -0.3 is 10.7 Å². The van der Waals surface area contributed by atoms with Gasteiger partial charge >= 0.3 is 6.18 Å². The summed E-state index contributed by atoms with van der Waals surface area (Å²) in [6.07, 6.45) is 1.47. The van der Waals surface area contributed by atoms with Crippen LogP contribution in [-0.4, -0.2) is 25.8 Å². The molecular weight excluding hydrogens is 371 g/mol. The Balaban J connectivity index is 2.12. The van der Waals surface area contributed by atoms with Crippen molar-refractivity contribution in [2.75, 3.05) is 0 Å². The first-order chi connectivity index (χ1) is 13.1. The maximum Gasteiger partial charge on any atom is 0.433 e. The van der Waals surface area contributed by atoms with Gasteiger partial charge in [0.05, 0.1) is 11.9 Å². The number of fused-ring (bicyclic) bond motifs is 1. The van der Waals surface area contributed by atoms with Crippen molar-refractivity contribution in [1.29, 1.82) is 0 Å². The van der Waals surface area contributed by atoms with Crippen molar-refractivity contribution >= 4 is 23.1 Å². The molecular formula is C19H18F3N5O. The van der Waals surface area contributed by atoms with Gasteiger partial charge in [0.1, 0.15) is 11.2 Å². The number of hydrogen-bond acceptors (Lipinski definition) is 4. The van der Waals surface area contributed by atoms with Crippen molar-refractivity contribution in [3.05, 3.63) is 47.6 Å². The minimum Gasteiger partial charge on any atom is -0.366 e. The van der Waals surface area contributed by atoms with Crippen LogP contribution in [0.1, 0.15) is 30.8 Å². The molecule has 0 aliphatic heterocycles. The molecule has 0 aliphatic rings. The van der Waals surface area contributed by atoms with Gasteiger partial charge in [-0.25, -0.2) is 15.0 Å². The summed E-state index contributed by atoms with van der Waals surface area (Å²) in [4.78, 5) is 26.2. The van der Waals surface area contributed by atoms with Crippen molar-refractivity contribution < 1.29 is 18.0 Å². The number of amides is 1. The molecule has 9 heteroatoms. The van der Waals surface area contributed by atoms with Crippen LogP contribution in [0.3, 0.4) is 0 Å². The number of hydrogen-bond donors (Lipinski definition) is 2. The number of halogens is 3. The molecule has 1 amide bonds. The first-order valence-corrected chi connectivity index (χ1v) is 8.53. The van der Waals surface area contributed by atoms with E-state index in [-0.39, 0.29) is 17.2 Å². The van der Waals surface area contributed by atoms with Crippen LogP contribution in [0.5, 0.6) is 0 Å². The average Bonchev–Trinajstić information content (AvgIpc) is 3.00. The fourth-order valence-electron chi connectivity index (χ4n) is 2.75. The Morgan fingerprint density at radius 2 is 2.04 bits per heavy atom. The molecule has 28 heavy (non-hydrogen) atoms. The second-order valence-corrected chi connectivity index (χ2v) is 6.76. The van der Waals surface area contributed by atoms with Crippen LogP contribution in [0.25, 0.3) is 28.5 Å². The second kappa shape index (κ2) is 7.41. The number of nitrogens with zero attached hydrogens (tertiary/aromatic N) is 3. The largest absolute Gasteiger partial charge is 0.433 e. The third kappa shape index (κ3) is 4.36. The van der Waals surface area contributed by atoms with Gasteiger partial charge in [-0.05, 0) is 30.5 Å². The molecule has 0 unspecified atom stereocenters. The smallest absolute Gasteiger partial charge is 0.366 e. The number of aromatic nitrogens is 4. The summed E-state index contributed by atoms with van der Waals surface area (Å²) < 4.78 is 39.9. The van der Waals surface area contributed by atoms with Gasteiger partial charge in [-0.1, -0.05) is 13.8 Å². The highest BCUT2D eigenvalue weighted by atomic mass is 19.4. The van der Waals surface area contributed by atoms with Crippen LogP contribution in [0.4, 0.5) is 13.2 Å². The zero-order chi connectivity index (χ0) is 20.5. The lowest BCUT2D eigenvalue weighted by molar-refractivity contribution is -0.141. The summed E-state index contributed by atoms with van der Waals surface area (Å²) in [5.74, 6) is -0.478. The van der Waals surface area contributed by atoms with E-state index < -0.39 is 17.8 Å². The number of H-pyrrole nitrogens is 1. The molecule has 3 heterocycles. The molecule has 3 N–H and O–H groups in total. The van der Waals surface area contributed by atoms with E-state index in [1.165, 1.54) is 18.3 Å². The predicted octanol–water partition coefficient (Wildman–Crippen LogP) is 3.74. The van der Waals surface area contributed by atoms with Crippen molar-refractivity contribution in [1.82, 2.24) is 19.9 Å². The number of alkyl halides is 3. The van der Waals surface area contributed by atoms with Crippen LogP contribution < -0.4 is 5.73 Å².